The molecule has 1 atom stereocenters. The van der Waals surface area contributed by atoms with E-state index in [0.29, 0.717) is 5.41 Å². The lowest BCUT2D eigenvalue weighted by molar-refractivity contribution is 0.270. The lowest BCUT2D eigenvalue weighted by Crippen LogP contribution is -2.25. The van der Waals surface area contributed by atoms with Gasteiger partial charge in [-0.3, -0.25) is 0 Å². The molecule has 1 rings (SSSR count). The smallest absolute Gasteiger partial charge is 0.248 e. The maximum Gasteiger partial charge on any atom is 0.248 e. The second-order valence-corrected chi connectivity index (χ2v) is 8.33. The molecule has 0 spiro atoms. The minimum absolute atomic E-state index is 0.368. The molecule has 1 fully saturated rings. The van der Waals surface area contributed by atoms with Crippen LogP contribution in [0.3, 0.4) is 0 Å². The third-order valence-electron chi connectivity index (χ3n) is 3.02. The van der Waals surface area contributed by atoms with E-state index in [1.165, 1.54) is 44.9 Å². The quantitative estimate of drug-likeness (QED) is 0.561. The standard InChI is InChI=1S/C10H19IOS/c1-10(9-13(11)12)7-5-3-2-4-6-8-10/h2-9H2,1H3. The molecule has 78 valence electrons. The Bertz CT molecular complexity index is 142. The Kier molecular flexibility index (Phi) is 5.41. The Hall–Kier alpha value is 1.04. The molecule has 0 radical (unpaired) electrons. The van der Waals surface area contributed by atoms with Crippen LogP contribution >= 0.6 is 21.2 Å². The van der Waals surface area contributed by atoms with Gasteiger partial charge in [-0.15, -0.1) is 0 Å². The van der Waals surface area contributed by atoms with Crippen LogP contribution in [0.5, 0.6) is 0 Å². The molecular weight excluding hydrogens is 295 g/mol. The molecule has 1 aliphatic rings. The fraction of sp³-hybridized carbons (Fsp3) is 1.00. The van der Waals surface area contributed by atoms with Gasteiger partial charge in [-0.05, 0) is 12.8 Å². The Morgan fingerprint density at radius 1 is 1.15 bits per heavy atom. The van der Waals surface area contributed by atoms with Crippen LogP contribution in [-0.2, 0) is 8.35 Å². The number of hydrogen-bond acceptors (Lipinski definition) is 1. The van der Waals surface area contributed by atoms with Crippen LogP contribution in [0.4, 0.5) is 0 Å². The Morgan fingerprint density at radius 2 is 1.62 bits per heavy atom. The summed E-state index contributed by atoms with van der Waals surface area (Å²) in [6, 6.07) is 0. The first-order valence-corrected chi connectivity index (χ1v) is 9.03. The molecule has 0 aromatic rings. The van der Waals surface area contributed by atoms with Gasteiger partial charge in [0.05, 0.1) is 0 Å². The minimum atomic E-state index is -0.646. The molecule has 13 heavy (non-hydrogen) atoms. The summed E-state index contributed by atoms with van der Waals surface area (Å²) < 4.78 is 11.2. The van der Waals surface area contributed by atoms with Crippen LogP contribution in [0.2, 0.25) is 0 Å². The van der Waals surface area contributed by atoms with Gasteiger partial charge in [0, 0.05) is 13.8 Å². The number of rotatable bonds is 2. The van der Waals surface area contributed by atoms with Crippen LogP contribution in [-0.4, -0.2) is 10.3 Å². The molecule has 3 heteroatoms. The van der Waals surface area contributed by atoms with Crippen molar-refractivity contribution in [1.29, 1.82) is 0 Å². The van der Waals surface area contributed by atoms with Gasteiger partial charge < -0.3 is 4.55 Å². The highest BCUT2D eigenvalue weighted by atomic mass is 127. The van der Waals surface area contributed by atoms with E-state index in [2.05, 4.69) is 6.92 Å². The topological polar surface area (TPSA) is 23.1 Å². The average molecular weight is 314 g/mol. The van der Waals surface area contributed by atoms with Crippen molar-refractivity contribution in [1.82, 2.24) is 0 Å². The summed E-state index contributed by atoms with van der Waals surface area (Å²) in [4.78, 5) is 0. The summed E-state index contributed by atoms with van der Waals surface area (Å²) in [6.07, 6.45) is 9.40. The molecule has 1 nitrogen and oxygen atoms in total. The highest BCUT2D eigenvalue weighted by Crippen LogP contribution is 2.35. The predicted molar refractivity (Wildman–Crippen MR) is 67.5 cm³/mol. The van der Waals surface area contributed by atoms with Gasteiger partial charge in [0.2, 0.25) is 21.2 Å². The Balaban J connectivity index is 2.41. The fourth-order valence-electron chi connectivity index (χ4n) is 2.18. The van der Waals surface area contributed by atoms with Crippen molar-refractivity contribution >= 4 is 29.6 Å². The van der Waals surface area contributed by atoms with Gasteiger partial charge in [0.15, 0.2) is 0 Å². The van der Waals surface area contributed by atoms with Gasteiger partial charge in [-0.2, -0.15) is 0 Å². The van der Waals surface area contributed by atoms with Crippen molar-refractivity contribution < 1.29 is 4.55 Å². The lowest BCUT2D eigenvalue weighted by Gasteiger charge is -2.29. The van der Waals surface area contributed by atoms with Crippen LogP contribution in [0.15, 0.2) is 0 Å². The van der Waals surface area contributed by atoms with E-state index < -0.39 is 8.35 Å². The SMILES string of the molecule is CC1(C[S+]([O-])I)CCCCCCC1. The first-order chi connectivity index (χ1) is 6.12. The highest BCUT2D eigenvalue weighted by molar-refractivity contribution is 14.2. The van der Waals surface area contributed by atoms with Gasteiger partial charge in [0.25, 0.3) is 0 Å². The molecule has 0 amide bonds. The second-order valence-electron chi connectivity index (χ2n) is 4.51. The van der Waals surface area contributed by atoms with E-state index in [1.807, 2.05) is 21.2 Å². The first-order valence-electron chi connectivity index (χ1n) is 5.17. The predicted octanol–water partition coefficient (Wildman–Crippen LogP) is 3.84. The van der Waals surface area contributed by atoms with E-state index in [0.717, 1.165) is 5.75 Å². The van der Waals surface area contributed by atoms with E-state index in [1.54, 1.807) is 0 Å². The van der Waals surface area contributed by atoms with Crippen LogP contribution in [0.1, 0.15) is 51.9 Å². The summed E-state index contributed by atoms with van der Waals surface area (Å²) in [5, 5.41) is 0. The van der Waals surface area contributed by atoms with Crippen molar-refractivity contribution in [2.75, 3.05) is 5.75 Å². The largest absolute Gasteiger partial charge is 0.609 e. The van der Waals surface area contributed by atoms with Crippen molar-refractivity contribution in [3.05, 3.63) is 0 Å². The minimum Gasteiger partial charge on any atom is -0.609 e. The molecule has 1 aliphatic carbocycles. The molecular formula is C10H19IOS. The highest BCUT2D eigenvalue weighted by Gasteiger charge is 2.29. The maximum absolute atomic E-state index is 11.2. The summed E-state index contributed by atoms with van der Waals surface area (Å²) in [5.41, 5.74) is 0.368. The normalized spacial score (nSPS) is 26.1. The average Bonchev–Trinajstić information content (AvgIpc) is 1.97. The molecule has 0 aromatic carbocycles. The fourth-order valence-corrected chi connectivity index (χ4v) is 5.27. The van der Waals surface area contributed by atoms with Crippen LogP contribution in [0.25, 0.3) is 0 Å². The molecule has 0 bridgehead atoms. The summed E-state index contributed by atoms with van der Waals surface area (Å²) in [6.45, 7) is 2.31. The van der Waals surface area contributed by atoms with E-state index >= 15 is 0 Å². The Morgan fingerprint density at radius 3 is 2.08 bits per heavy atom. The molecule has 0 aliphatic heterocycles. The molecule has 0 N–H and O–H groups in total. The number of hydrogen-bond donors (Lipinski definition) is 0. The van der Waals surface area contributed by atoms with Crippen molar-refractivity contribution in [2.24, 2.45) is 5.41 Å². The summed E-state index contributed by atoms with van der Waals surface area (Å²) >= 11 is 2.05. The maximum atomic E-state index is 11.2. The van der Waals surface area contributed by atoms with Gasteiger partial charge in [-0.25, -0.2) is 0 Å². The zero-order chi connectivity index (χ0) is 9.73. The number of halogens is 1. The first kappa shape index (κ1) is 12.1. The van der Waals surface area contributed by atoms with Crippen LogP contribution < -0.4 is 0 Å². The van der Waals surface area contributed by atoms with Crippen LogP contribution in [0, 0.1) is 5.41 Å². The van der Waals surface area contributed by atoms with Crippen molar-refractivity contribution in [3.63, 3.8) is 0 Å². The lowest BCUT2D eigenvalue weighted by atomic mass is 9.79. The molecule has 1 saturated carbocycles. The second kappa shape index (κ2) is 5.81. The summed E-state index contributed by atoms with van der Waals surface area (Å²) in [7, 11) is -0.646. The van der Waals surface area contributed by atoms with Crippen molar-refractivity contribution in [3.8, 4) is 0 Å². The molecule has 0 heterocycles. The molecule has 1 unspecified atom stereocenters. The van der Waals surface area contributed by atoms with Crippen molar-refractivity contribution in [2.45, 2.75) is 51.9 Å². The third kappa shape index (κ3) is 4.88. The Labute approximate surface area is 96.8 Å². The summed E-state index contributed by atoms with van der Waals surface area (Å²) in [5.74, 6) is 0.896. The zero-order valence-electron chi connectivity index (χ0n) is 8.35. The van der Waals surface area contributed by atoms with E-state index in [-0.39, 0.29) is 0 Å². The third-order valence-corrected chi connectivity index (χ3v) is 4.88. The van der Waals surface area contributed by atoms with E-state index in [4.69, 9.17) is 0 Å². The van der Waals surface area contributed by atoms with Gasteiger partial charge in [-0.1, -0.05) is 39.0 Å². The molecule has 0 aromatic heterocycles. The van der Waals surface area contributed by atoms with Gasteiger partial charge >= 0.3 is 0 Å². The monoisotopic (exact) mass is 314 g/mol. The van der Waals surface area contributed by atoms with E-state index in [9.17, 15) is 4.55 Å². The molecule has 0 saturated heterocycles. The van der Waals surface area contributed by atoms with Gasteiger partial charge in [0.1, 0.15) is 5.75 Å². The zero-order valence-corrected chi connectivity index (χ0v) is 11.3.